The number of anilines is 1. The van der Waals surface area contributed by atoms with Gasteiger partial charge in [0.1, 0.15) is 4.88 Å². The topological polar surface area (TPSA) is 59.2 Å². The smallest absolute Gasteiger partial charge is 0.277 e. The van der Waals surface area contributed by atoms with E-state index in [-0.39, 0.29) is 17.7 Å². The van der Waals surface area contributed by atoms with Crippen molar-refractivity contribution in [1.29, 1.82) is 0 Å². The number of para-hydroxylation sites is 1. The van der Waals surface area contributed by atoms with Gasteiger partial charge < -0.3 is 9.32 Å². The molecule has 1 atom stereocenters. The lowest BCUT2D eigenvalue weighted by Crippen LogP contribution is -2.36. The molecule has 5 nitrogen and oxygen atoms in total. The minimum absolute atomic E-state index is 0.0343. The number of thiophene rings is 1. The highest BCUT2D eigenvalue weighted by molar-refractivity contribution is 7.99. The molecule has 0 radical (unpaired) electrons. The van der Waals surface area contributed by atoms with E-state index in [4.69, 9.17) is 16.0 Å². The molecule has 0 saturated heterocycles. The molecule has 3 heterocycles. The first-order valence-electron chi connectivity index (χ1n) is 9.15. The standard InChI is InChI=1S/C21H16ClN3O2S2/c1-12-10-13-6-2-4-8-15(13)25(12)17(26)11-28-21-24-23-20(27-21)19-18(22)14-7-3-5-9-16(14)29-19/h2-9,12H,10-11H2,1H3/t12-/m1/s1. The predicted molar refractivity (Wildman–Crippen MR) is 118 cm³/mol. The largest absolute Gasteiger partial charge is 0.410 e. The molecule has 0 aliphatic carbocycles. The molecule has 2 aromatic heterocycles. The van der Waals surface area contributed by atoms with Crippen molar-refractivity contribution in [1.82, 2.24) is 10.2 Å². The molecule has 0 saturated carbocycles. The van der Waals surface area contributed by atoms with Crippen LogP contribution in [-0.4, -0.2) is 27.9 Å². The van der Waals surface area contributed by atoms with Gasteiger partial charge in [0, 0.05) is 21.8 Å². The van der Waals surface area contributed by atoms with E-state index in [1.165, 1.54) is 28.7 Å². The Morgan fingerprint density at radius 1 is 1.24 bits per heavy atom. The van der Waals surface area contributed by atoms with Gasteiger partial charge in [-0.15, -0.1) is 21.5 Å². The highest BCUT2D eigenvalue weighted by atomic mass is 35.5. The molecule has 5 rings (SSSR count). The van der Waals surface area contributed by atoms with Gasteiger partial charge in [0.15, 0.2) is 0 Å². The minimum atomic E-state index is 0.0343. The first-order valence-corrected chi connectivity index (χ1v) is 11.3. The molecule has 0 N–H and O–H groups in total. The lowest BCUT2D eigenvalue weighted by molar-refractivity contribution is -0.116. The summed E-state index contributed by atoms with van der Waals surface area (Å²) in [7, 11) is 0. The Bertz CT molecular complexity index is 1220. The highest BCUT2D eigenvalue weighted by Gasteiger charge is 2.30. The van der Waals surface area contributed by atoms with Crippen molar-refractivity contribution in [3.8, 4) is 10.8 Å². The van der Waals surface area contributed by atoms with Crippen molar-refractivity contribution in [3.05, 3.63) is 59.1 Å². The lowest BCUT2D eigenvalue weighted by Gasteiger charge is -2.22. The number of thioether (sulfide) groups is 1. The molecule has 29 heavy (non-hydrogen) atoms. The van der Waals surface area contributed by atoms with Crippen LogP contribution in [0.4, 0.5) is 5.69 Å². The van der Waals surface area contributed by atoms with Crippen LogP contribution in [0.15, 0.2) is 58.2 Å². The summed E-state index contributed by atoms with van der Waals surface area (Å²) in [5.41, 5.74) is 2.20. The molecule has 1 aliphatic heterocycles. The van der Waals surface area contributed by atoms with Crippen molar-refractivity contribution < 1.29 is 9.21 Å². The Balaban J connectivity index is 1.32. The van der Waals surface area contributed by atoms with Gasteiger partial charge in [-0.2, -0.15) is 0 Å². The van der Waals surface area contributed by atoms with Crippen LogP contribution in [0.2, 0.25) is 5.02 Å². The first kappa shape index (κ1) is 18.7. The molecular weight excluding hydrogens is 426 g/mol. The molecule has 146 valence electrons. The molecule has 4 aromatic rings. The molecule has 1 aliphatic rings. The number of carbonyl (C=O) groups excluding carboxylic acids is 1. The number of amides is 1. The third-order valence-electron chi connectivity index (χ3n) is 4.93. The predicted octanol–water partition coefficient (Wildman–Crippen LogP) is 5.67. The van der Waals surface area contributed by atoms with E-state index in [1.54, 1.807) is 0 Å². The molecular formula is C21H16ClN3O2S2. The monoisotopic (exact) mass is 441 g/mol. The van der Waals surface area contributed by atoms with E-state index >= 15 is 0 Å². The van der Waals surface area contributed by atoms with Crippen molar-refractivity contribution in [2.45, 2.75) is 24.6 Å². The van der Waals surface area contributed by atoms with E-state index < -0.39 is 0 Å². The Kier molecular flexibility index (Phi) is 4.81. The Hall–Kier alpha value is -2.35. The molecule has 0 unspecified atom stereocenters. The summed E-state index contributed by atoms with van der Waals surface area (Å²) >= 11 is 9.26. The van der Waals surface area contributed by atoms with E-state index in [9.17, 15) is 4.79 Å². The van der Waals surface area contributed by atoms with Crippen molar-refractivity contribution in [3.63, 3.8) is 0 Å². The number of benzene rings is 2. The second-order valence-corrected chi connectivity index (χ2v) is 9.21. The van der Waals surface area contributed by atoms with Crippen LogP contribution in [0.1, 0.15) is 12.5 Å². The van der Waals surface area contributed by atoms with E-state index in [1.807, 2.05) is 47.4 Å². The van der Waals surface area contributed by atoms with Crippen LogP contribution < -0.4 is 4.90 Å². The van der Waals surface area contributed by atoms with Crippen LogP contribution in [0.25, 0.3) is 20.9 Å². The maximum Gasteiger partial charge on any atom is 0.277 e. The second kappa shape index (κ2) is 7.48. The number of rotatable bonds is 4. The molecule has 2 aromatic carbocycles. The van der Waals surface area contributed by atoms with Crippen LogP contribution in [0.3, 0.4) is 0 Å². The number of aromatic nitrogens is 2. The number of nitrogens with zero attached hydrogens (tertiary/aromatic N) is 3. The molecule has 0 spiro atoms. The fourth-order valence-electron chi connectivity index (χ4n) is 3.65. The van der Waals surface area contributed by atoms with E-state index in [0.29, 0.717) is 16.1 Å². The van der Waals surface area contributed by atoms with Gasteiger partial charge in [-0.1, -0.05) is 59.8 Å². The number of carbonyl (C=O) groups is 1. The lowest BCUT2D eigenvalue weighted by atomic mass is 10.1. The summed E-state index contributed by atoms with van der Waals surface area (Å²) in [5.74, 6) is 0.651. The molecule has 8 heteroatoms. The number of hydrogen-bond acceptors (Lipinski definition) is 6. The average Bonchev–Trinajstić information content (AvgIpc) is 3.41. The van der Waals surface area contributed by atoms with Crippen LogP contribution >= 0.6 is 34.7 Å². The Labute approximate surface area is 180 Å². The average molecular weight is 442 g/mol. The second-order valence-electron chi connectivity index (χ2n) is 6.85. The van der Waals surface area contributed by atoms with Crippen molar-refractivity contribution in [2.24, 2.45) is 0 Å². The molecule has 0 bridgehead atoms. The van der Waals surface area contributed by atoms with Crippen LogP contribution in [-0.2, 0) is 11.2 Å². The van der Waals surface area contributed by atoms with Gasteiger partial charge in [0.2, 0.25) is 5.91 Å². The Morgan fingerprint density at radius 3 is 2.90 bits per heavy atom. The van der Waals surface area contributed by atoms with Gasteiger partial charge in [0.25, 0.3) is 11.1 Å². The zero-order chi connectivity index (χ0) is 20.0. The SMILES string of the molecule is C[C@@H]1Cc2ccccc2N1C(=O)CSc1nnc(-c2sc3ccccc3c2Cl)o1. The summed E-state index contributed by atoms with van der Waals surface area (Å²) in [6.07, 6.45) is 0.877. The van der Waals surface area contributed by atoms with Crippen molar-refractivity contribution in [2.75, 3.05) is 10.7 Å². The van der Waals surface area contributed by atoms with Crippen LogP contribution in [0.5, 0.6) is 0 Å². The molecule has 1 amide bonds. The van der Waals surface area contributed by atoms with Gasteiger partial charge >= 0.3 is 0 Å². The number of fused-ring (bicyclic) bond motifs is 2. The van der Waals surface area contributed by atoms with Gasteiger partial charge in [-0.05, 0) is 31.0 Å². The third-order valence-corrected chi connectivity index (χ3v) is 7.40. The normalized spacial score (nSPS) is 15.8. The zero-order valence-electron chi connectivity index (χ0n) is 15.5. The summed E-state index contributed by atoms with van der Waals surface area (Å²) in [6.45, 7) is 2.07. The van der Waals surface area contributed by atoms with Crippen LogP contribution in [0, 0.1) is 0 Å². The molecule has 0 fully saturated rings. The summed E-state index contributed by atoms with van der Waals surface area (Å²) in [4.78, 5) is 15.5. The van der Waals surface area contributed by atoms with Gasteiger partial charge in [-0.25, -0.2) is 0 Å². The summed E-state index contributed by atoms with van der Waals surface area (Å²) in [6, 6.07) is 16.1. The van der Waals surface area contributed by atoms with Crippen molar-refractivity contribution >= 4 is 56.4 Å². The quantitative estimate of drug-likeness (QED) is 0.381. The fraction of sp³-hybridized carbons (Fsp3) is 0.190. The fourth-order valence-corrected chi connectivity index (χ4v) is 5.71. The van der Waals surface area contributed by atoms with Gasteiger partial charge in [-0.3, -0.25) is 4.79 Å². The number of hydrogen-bond donors (Lipinski definition) is 0. The maximum atomic E-state index is 12.8. The van der Waals surface area contributed by atoms with Gasteiger partial charge in [0.05, 0.1) is 10.8 Å². The summed E-state index contributed by atoms with van der Waals surface area (Å²) in [5, 5.41) is 10.2. The minimum Gasteiger partial charge on any atom is -0.410 e. The maximum absolute atomic E-state index is 12.8. The van der Waals surface area contributed by atoms with E-state index in [0.717, 1.165) is 27.1 Å². The van der Waals surface area contributed by atoms with E-state index in [2.05, 4.69) is 23.2 Å². The first-order chi connectivity index (χ1) is 14.1. The third kappa shape index (κ3) is 3.33. The highest BCUT2D eigenvalue weighted by Crippen LogP contribution is 2.42. The zero-order valence-corrected chi connectivity index (χ0v) is 17.9. The summed E-state index contributed by atoms with van der Waals surface area (Å²) < 4.78 is 6.85. The Morgan fingerprint density at radius 2 is 2.03 bits per heavy atom. The number of halogens is 1.